The lowest BCUT2D eigenvalue weighted by atomic mass is 10.0. The van der Waals surface area contributed by atoms with Crippen molar-refractivity contribution in [1.29, 1.82) is 0 Å². The zero-order valence-corrected chi connectivity index (χ0v) is 11.3. The zero-order valence-electron chi connectivity index (χ0n) is 9.75. The molecule has 0 radical (unpaired) electrons. The van der Waals surface area contributed by atoms with Crippen molar-refractivity contribution in [2.45, 2.75) is 0 Å². The largest absolute Gasteiger partial charge is 0.279 e. The third-order valence-electron chi connectivity index (χ3n) is 2.63. The quantitative estimate of drug-likeness (QED) is 0.617. The van der Waals surface area contributed by atoms with Crippen LogP contribution in [-0.2, 0) is 0 Å². The van der Waals surface area contributed by atoms with Crippen LogP contribution in [0, 0.1) is 20.2 Å². The normalized spacial score (nSPS) is 10.3. The number of nitro benzene ring substituents is 2. The number of rotatable bonds is 3. The van der Waals surface area contributed by atoms with Crippen molar-refractivity contribution in [2.24, 2.45) is 0 Å². The molecule has 6 nitrogen and oxygen atoms in total. The van der Waals surface area contributed by atoms with Gasteiger partial charge in [0.15, 0.2) is 0 Å². The van der Waals surface area contributed by atoms with E-state index in [0.717, 1.165) is 0 Å². The van der Waals surface area contributed by atoms with E-state index < -0.39 is 9.85 Å². The molecule has 0 saturated carbocycles. The van der Waals surface area contributed by atoms with E-state index in [9.17, 15) is 20.2 Å². The number of halogens is 2. The van der Waals surface area contributed by atoms with Crippen LogP contribution in [-0.4, -0.2) is 9.85 Å². The monoisotopic (exact) mass is 312 g/mol. The van der Waals surface area contributed by atoms with Gasteiger partial charge in [0.25, 0.3) is 11.4 Å². The van der Waals surface area contributed by atoms with Gasteiger partial charge in [0.2, 0.25) is 0 Å². The van der Waals surface area contributed by atoms with Crippen LogP contribution < -0.4 is 0 Å². The Balaban J connectivity index is 2.88. The van der Waals surface area contributed by atoms with Gasteiger partial charge in [0.1, 0.15) is 0 Å². The minimum Gasteiger partial charge on any atom is -0.258 e. The lowest BCUT2D eigenvalue weighted by molar-refractivity contribution is -0.386. The maximum atomic E-state index is 11.1. The molecule has 0 aliphatic rings. The molecule has 0 aliphatic carbocycles. The van der Waals surface area contributed by atoms with Crippen molar-refractivity contribution in [3.05, 3.63) is 66.7 Å². The molecule has 0 amide bonds. The minimum atomic E-state index is -0.658. The summed E-state index contributed by atoms with van der Waals surface area (Å²) in [6.45, 7) is 0. The lowest BCUT2D eigenvalue weighted by Gasteiger charge is -2.08. The zero-order chi connectivity index (χ0) is 14.9. The van der Waals surface area contributed by atoms with Gasteiger partial charge in [-0.15, -0.1) is 0 Å². The molecule has 0 aromatic heterocycles. The summed E-state index contributed by atoms with van der Waals surface area (Å²) in [4.78, 5) is 20.8. The highest BCUT2D eigenvalue weighted by atomic mass is 35.5. The van der Waals surface area contributed by atoms with Crippen LogP contribution in [0.4, 0.5) is 11.4 Å². The van der Waals surface area contributed by atoms with Gasteiger partial charge in [0.05, 0.1) is 31.0 Å². The van der Waals surface area contributed by atoms with E-state index in [1.54, 1.807) is 0 Å². The van der Waals surface area contributed by atoms with E-state index in [1.807, 2.05) is 0 Å². The Kier molecular flexibility index (Phi) is 3.87. The first-order valence-electron chi connectivity index (χ1n) is 5.29. The van der Waals surface area contributed by atoms with E-state index in [2.05, 4.69) is 0 Å². The Labute approximate surface area is 122 Å². The highest BCUT2D eigenvalue weighted by molar-refractivity contribution is 6.37. The van der Waals surface area contributed by atoms with Gasteiger partial charge >= 0.3 is 0 Å². The SMILES string of the molecule is O=[N+]([O-])c1cccc(Cl)c1-c1c(Cl)cccc1[N+](=O)[O-]. The van der Waals surface area contributed by atoms with Gasteiger partial charge in [-0.2, -0.15) is 0 Å². The second-order valence-electron chi connectivity index (χ2n) is 3.78. The molecule has 2 aromatic carbocycles. The molecule has 0 heterocycles. The van der Waals surface area contributed by atoms with Gasteiger partial charge in [-0.3, -0.25) is 20.2 Å². The molecule has 0 fully saturated rings. The summed E-state index contributed by atoms with van der Waals surface area (Å²) >= 11 is 11.9. The van der Waals surface area contributed by atoms with Gasteiger partial charge in [-0.05, 0) is 12.1 Å². The average Bonchev–Trinajstić information content (AvgIpc) is 2.38. The van der Waals surface area contributed by atoms with Gasteiger partial charge in [-0.1, -0.05) is 35.3 Å². The fraction of sp³-hybridized carbons (Fsp3) is 0. The van der Waals surface area contributed by atoms with E-state index >= 15 is 0 Å². The number of nitro groups is 2. The molecule has 0 unspecified atom stereocenters. The molecular weight excluding hydrogens is 307 g/mol. The van der Waals surface area contributed by atoms with Crippen molar-refractivity contribution >= 4 is 34.6 Å². The van der Waals surface area contributed by atoms with Gasteiger partial charge in [-0.25, -0.2) is 0 Å². The molecule has 2 aromatic rings. The van der Waals surface area contributed by atoms with Gasteiger partial charge < -0.3 is 0 Å². The first-order chi connectivity index (χ1) is 9.43. The first kappa shape index (κ1) is 14.2. The smallest absolute Gasteiger partial charge is 0.258 e. The third-order valence-corrected chi connectivity index (χ3v) is 3.26. The molecule has 20 heavy (non-hydrogen) atoms. The second-order valence-corrected chi connectivity index (χ2v) is 4.60. The third kappa shape index (κ3) is 2.43. The first-order valence-corrected chi connectivity index (χ1v) is 6.05. The molecule has 0 bridgehead atoms. The summed E-state index contributed by atoms with van der Waals surface area (Å²) in [6.07, 6.45) is 0. The minimum absolute atomic E-state index is 0.0235. The molecule has 0 N–H and O–H groups in total. The topological polar surface area (TPSA) is 86.3 Å². The Morgan fingerprint density at radius 3 is 1.40 bits per heavy atom. The number of nitrogens with zero attached hydrogens (tertiary/aromatic N) is 2. The molecule has 0 saturated heterocycles. The Morgan fingerprint density at radius 2 is 1.10 bits per heavy atom. The summed E-state index contributed by atoms with van der Waals surface area (Å²) < 4.78 is 0. The predicted molar refractivity (Wildman–Crippen MR) is 75.2 cm³/mol. The van der Waals surface area contributed by atoms with Crippen LogP contribution in [0.2, 0.25) is 10.0 Å². The summed E-state index contributed by atoms with van der Waals surface area (Å²) in [6, 6.07) is 8.05. The van der Waals surface area contributed by atoms with E-state index in [0.29, 0.717) is 0 Å². The maximum absolute atomic E-state index is 11.1. The predicted octanol–water partition coefficient (Wildman–Crippen LogP) is 4.48. The van der Waals surface area contributed by atoms with E-state index in [1.165, 1.54) is 36.4 Å². The van der Waals surface area contributed by atoms with Crippen LogP contribution in [0.5, 0.6) is 0 Å². The Morgan fingerprint density at radius 1 is 0.750 bits per heavy atom. The fourth-order valence-electron chi connectivity index (χ4n) is 1.82. The lowest BCUT2D eigenvalue weighted by Crippen LogP contribution is -1.97. The fourth-order valence-corrected chi connectivity index (χ4v) is 2.35. The highest BCUT2D eigenvalue weighted by Crippen LogP contribution is 2.44. The molecule has 2 rings (SSSR count). The van der Waals surface area contributed by atoms with Crippen LogP contribution >= 0.6 is 23.2 Å². The molecule has 8 heteroatoms. The molecule has 102 valence electrons. The van der Waals surface area contributed by atoms with Crippen LogP contribution in [0.1, 0.15) is 0 Å². The molecular formula is C12H6Cl2N2O4. The maximum Gasteiger partial charge on any atom is 0.279 e. The summed E-state index contributed by atoms with van der Waals surface area (Å²) in [5.41, 5.74) is -0.796. The second kappa shape index (κ2) is 5.44. The van der Waals surface area contributed by atoms with E-state index in [4.69, 9.17) is 23.2 Å². The number of hydrogen-bond acceptors (Lipinski definition) is 4. The summed E-state index contributed by atoms with van der Waals surface area (Å²) in [7, 11) is 0. The van der Waals surface area contributed by atoms with Crippen molar-refractivity contribution < 1.29 is 9.85 Å². The van der Waals surface area contributed by atoms with Crippen LogP contribution in [0.15, 0.2) is 36.4 Å². The van der Waals surface area contributed by atoms with Gasteiger partial charge in [0, 0.05) is 12.1 Å². The Hall–Kier alpha value is -2.18. The number of benzene rings is 2. The molecule has 0 aliphatic heterocycles. The Bertz CT molecular complexity index is 657. The average molecular weight is 313 g/mol. The molecule has 0 atom stereocenters. The standard InChI is InChI=1S/C12H6Cl2N2O4/c13-7-3-1-5-9(15(17)18)11(7)12-8(14)4-2-6-10(12)16(19)20/h1-6H. The number of hydrogen-bond donors (Lipinski definition) is 0. The molecule has 0 spiro atoms. The van der Waals surface area contributed by atoms with E-state index in [-0.39, 0.29) is 32.5 Å². The summed E-state index contributed by atoms with van der Waals surface area (Å²) in [5, 5.41) is 22.2. The van der Waals surface area contributed by atoms with Crippen LogP contribution in [0.3, 0.4) is 0 Å². The summed E-state index contributed by atoms with van der Waals surface area (Å²) in [5.74, 6) is 0. The van der Waals surface area contributed by atoms with Crippen molar-refractivity contribution in [3.63, 3.8) is 0 Å². The van der Waals surface area contributed by atoms with Crippen molar-refractivity contribution in [3.8, 4) is 11.1 Å². The van der Waals surface area contributed by atoms with Crippen molar-refractivity contribution in [2.75, 3.05) is 0 Å². The van der Waals surface area contributed by atoms with Crippen LogP contribution in [0.25, 0.3) is 11.1 Å². The van der Waals surface area contributed by atoms with Crippen molar-refractivity contribution in [1.82, 2.24) is 0 Å². The highest BCUT2D eigenvalue weighted by Gasteiger charge is 2.27.